The van der Waals surface area contributed by atoms with Gasteiger partial charge >= 0.3 is 6.03 Å². The molecule has 0 aliphatic carbocycles. The predicted octanol–water partition coefficient (Wildman–Crippen LogP) is -2.11. The van der Waals surface area contributed by atoms with Gasteiger partial charge in [-0.2, -0.15) is 0 Å². The van der Waals surface area contributed by atoms with Crippen LogP contribution >= 0.6 is 0 Å². The van der Waals surface area contributed by atoms with E-state index in [4.69, 9.17) is 9.84 Å². The maximum atomic E-state index is 11.5. The molecule has 0 radical (unpaired) electrons. The number of rotatable bonds is 5. The van der Waals surface area contributed by atoms with Gasteiger partial charge in [0.05, 0.1) is 6.61 Å². The molecule has 0 aromatic heterocycles. The van der Waals surface area contributed by atoms with Gasteiger partial charge in [0.25, 0.3) is 0 Å². The van der Waals surface area contributed by atoms with E-state index in [0.717, 1.165) is 12.8 Å². The first kappa shape index (κ1) is 16.1. The van der Waals surface area contributed by atoms with Crippen LogP contribution in [-0.2, 0) is 4.74 Å². The molecule has 19 heavy (non-hydrogen) atoms. The van der Waals surface area contributed by atoms with Crippen molar-refractivity contribution < 1.29 is 30.0 Å². The van der Waals surface area contributed by atoms with Gasteiger partial charge in [-0.1, -0.05) is 13.3 Å². The van der Waals surface area contributed by atoms with Crippen molar-refractivity contribution in [2.24, 2.45) is 0 Å². The lowest BCUT2D eigenvalue weighted by Gasteiger charge is -2.40. The summed E-state index contributed by atoms with van der Waals surface area (Å²) in [5.74, 6) is 0. The number of hydrogen-bond acceptors (Lipinski definition) is 6. The van der Waals surface area contributed by atoms with Crippen LogP contribution in [-0.4, -0.2) is 70.3 Å². The fraction of sp³-hybridized carbons (Fsp3) is 0.909. The molecule has 1 aliphatic rings. The molecule has 1 rings (SSSR count). The van der Waals surface area contributed by atoms with Crippen LogP contribution in [0.2, 0.25) is 0 Å². The van der Waals surface area contributed by atoms with Gasteiger partial charge in [-0.05, 0) is 6.42 Å². The first-order valence-corrected chi connectivity index (χ1v) is 6.36. The lowest BCUT2D eigenvalue weighted by atomic mass is 9.98. The summed E-state index contributed by atoms with van der Waals surface area (Å²) in [6.07, 6.45) is -4.85. The summed E-state index contributed by atoms with van der Waals surface area (Å²) in [6.45, 7) is 1.94. The second kappa shape index (κ2) is 7.61. The highest BCUT2D eigenvalue weighted by Gasteiger charge is 2.43. The molecule has 0 saturated carbocycles. The average Bonchev–Trinajstić information content (AvgIpc) is 2.39. The zero-order valence-corrected chi connectivity index (χ0v) is 10.8. The summed E-state index contributed by atoms with van der Waals surface area (Å²) in [6, 6.07) is -0.544. The number of ether oxygens (including phenoxy) is 1. The monoisotopic (exact) mass is 278 g/mol. The van der Waals surface area contributed by atoms with Crippen LogP contribution in [0.25, 0.3) is 0 Å². The maximum Gasteiger partial charge on any atom is 0.316 e. The van der Waals surface area contributed by atoms with E-state index in [1.165, 1.54) is 0 Å². The van der Waals surface area contributed by atoms with Crippen LogP contribution in [0.5, 0.6) is 0 Å². The van der Waals surface area contributed by atoms with E-state index >= 15 is 0 Å². The minimum absolute atomic E-state index is 0.486. The molecule has 0 unspecified atom stereocenters. The molecule has 2 amide bonds. The van der Waals surface area contributed by atoms with Crippen LogP contribution in [0.3, 0.4) is 0 Å². The molecule has 5 atom stereocenters. The van der Waals surface area contributed by atoms with Crippen LogP contribution in [0.4, 0.5) is 4.79 Å². The van der Waals surface area contributed by atoms with Gasteiger partial charge in [0, 0.05) is 6.54 Å². The maximum absolute atomic E-state index is 11.5. The minimum Gasteiger partial charge on any atom is -0.394 e. The average molecular weight is 278 g/mol. The molecule has 0 spiro atoms. The fourth-order valence-electron chi connectivity index (χ4n) is 1.78. The van der Waals surface area contributed by atoms with E-state index in [1.807, 2.05) is 6.92 Å². The summed E-state index contributed by atoms with van der Waals surface area (Å²) >= 11 is 0. The van der Waals surface area contributed by atoms with Gasteiger partial charge in [-0.3, -0.25) is 0 Å². The van der Waals surface area contributed by atoms with Crippen molar-refractivity contribution in [3.63, 3.8) is 0 Å². The van der Waals surface area contributed by atoms with E-state index in [0.29, 0.717) is 6.54 Å². The van der Waals surface area contributed by atoms with Crippen LogP contribution in [0.15, 0.2) is 0 Å². The first-order chi connectivity index (χ1) is 9.01. The number of aliphatic hydroxyl groups is 4. The number of carbonyl (C=O) groups excluding carboxylic acids is 1. The van der Waals surface area contributed by atoms with E-state index in [2.05, 4.69) is 10.6 Å². The second-order valence-electron chi connectivity index (χ2n) is 4.50. The van der Waals surface area contributed by atoms with Gasteiger partial charge in [0.2, 0.25) is 0 Å². The Balaban J connectivity index is 2.49. The van der Waals surface area contributed by atoms with E-state index < -0.39 is 43.3 Å². The van der Waals surface area contributed by atoms with Gasteiger partial charge < -0.3 is 35.8 Å². The Bertz CT molecular complexity index is 288. The molecule has 0 bridgehead atoms. The largest absolute Gasteiger partial charge is 0.394 e. The smallest absolute Gasteiger partial charge is 0.316 e. The van der Waals surface area contributed by atoms with Crippen LogP contribution in [0, 0.1) is 0 Å². The van der Waals surface area contributed by atoms with Crippen molar-refractivity contribution in [3.05, 3.63) is 0 Å². The van der Waals surface area contributed by atoms with Crippen molar-refractivity contribution in [2.75, 3.05) is 13.2 Å². The SMILES string of the molecule is CCCCNC(=O)N[C@@H]1O[C@H](CO)[C@@H](O)[C@H](O)[C@H]1O. The summed E-state index contributed by atoms with van der Waals surface area (Å²) in [4.78, 5) is 11.5. The molecule has 1 aliphatic heterocycles. The molecule has 1 fully saturated rings. The van der Waals surface area contributed by atoms with Crippen molar-refractivity contribution in [3.8, 4) is 0 Å². The van der Waals surface area contributed by atoms with Gasteiger partial charge in [0.15, 0.2) is 6.23 Å². The highest BCUT2D eigenvalue weighted by atomic mass is 16.6. The van der Waals surface area contributed by atoms with Crippen molar-refractivity contribution >= 4 is 6.03 Å². The lowest BCUT2D eigenvalue weighted by molar-refractivity contribution is -0.233. The molecule has 6 N–H and O–H groups in total. The molecule has 1 saturated heterocycles. The Morgan fingerprint density at radius 2 is 1.89 bits per heavy atom. The van der Waals surface area contributed by atoms with Crippen molar-refractivity contribution in [1.82, 2.24) is 10.6 Å². The first-order valence-electron chi connectivity index (χ1n) is 6.36. The van der Waals surface area contributed by atoms with E-state index in [-0.39, 0.29) is 0 Å². The minimum atomic E-state index is -1.49. The molecular formula is C11H22N2O6. The molecular weight excluding hydrogens is 256 g/mol. The Morgan fingerprint density at radius 3 is 2.47 bits per heavy atom. The van der Waals surface area contributed by atoms with Crippen LogP contribution < -0.4 is 10.6 Å². The normalized spacial score (nSPS) is 34.9. The summed E-state index contributed by atoms with van der Waals surface area (Å²) in [7, 11) is 0. The van der Waals surface area contributed by atoms with Crippen LogP contribution in [0.1, 0.15) is 19.8 Å². The number of hydrogen-bond donors (Lipinski definition) is 6. The number of nitrogens with one attached hydrogen (secondary N) is 2. The fourth-order valence-corrected chi connectivity index (χ4v) is 1.78. The van der Waals surface area contributed by atoms with E-state index in [1.54, 1.807) is 0 Å². The zero-order valence-electron chi connectivity index (χ0n) is 10.8. The number of carbonyl (C=O) groups is 1. The standard InChI is InChI=1S/C11H22N2O6/c1-2-3-4-12-11(18)13-10-9(17)8(16)7(15)6(5-14)19-10/h6-10,14-17H,2-5H2,1H3,(H2,12,13,18)/t6-,7-,8+,9-,10-/m1/s1. The molecule has 1 heterocycles. The Kier molecular flexibility index (Phi) is 6.46. The lowest BCUT2D eigenvalue weighted by Crippen LogP contribution is -2.64. The molecule has 8 heteroatoms. The molecule has 0 aromatic rings. The topological polar surface area (TPSA) is 131 Å². The number of urea groups is 1. The highest BCUT2D eigenvalue weighted by molar-refractivity contribution is 5.74. The van der Waals surface area contributed by atoms with Crippen molar-refractivity contribution in [1.29, 1.82) is 0 Å². The molecule has 112 valence electrons. The third-order valence-electron chi connectivity index (χ3n) is 2.98. The second-order valence-corrected chi connectivity index (χ2v) is 4.50. The van der Waals surface area contributed by atoms with Gasteiger partial charge in [0.1, 0.15) is 24.4 Å². The third kappa shape index (κ3) is 4.29. The predicted molar refractivity (Wildman–Crippen MR) is 65.2 cm³/mol. The van der Waals surface area contributed by atoms with Crippen molar-refractivity contribution in [2.45, 2.75) is 50.4 Å². The number of unbranched alkanes of at least 4 members (excludes halogenated alkanes) is 1. The number of amides is 2. The summed E-state index contributed by atoms with van der Waals surface area (Å²) in [5, 5.41) is 42.7. The highest BCUT2D eigenvalue weighted by Crippen LogP contribution is 2.19. The Labute approximate surface area is 111 Å². The van der Waals surface area contributed by atoms with Gasteiger partial charge in [-0.25, -0.2) is 4.79 Å². The van der Waals surface area contributed by atoms with E-state index in [9.17, 15) is 20.1 Å². The zero-order chi connectivity index (χ0) is 14.4. The summed E-state index contributed by atoms with van der Waals surface area (Å²) < 4.78 is 5.13. The molecule has 0 aromatic carbocycles. The summed E-state index contributed by atoms with van der Waals surface area (Å²) in [5.41, 5.74) is 0. The quantitative estimate of drug-likeness (QED) is 0.319. The van der Waals surface area contributed by atoms with Gasteiger partial charge in [-0.15, -0.1) is 0 Å². The Morgan fingerprint density at radius 1 is 1.21 bits per heavy atom. The third-order valence-corrected chi connectivity index (χ3v) is 2.98. The number of aliphatic hydroxyl groups excluding tert-OH is 4. The molecule has 8 nitrogen and oxygen atoms in total. The Hall–Kier alpha value is -0.930.